The lowest BCUT2D eigenvalue weighted by Crippen LogP contribution is -2.26. The number of nitrogen functional groups attached to an aromatic ring is 1. The molecule has 0 aliphatic carbocycles. The number of benzene rings is 1. The Morgan fingerprint density at radius 3 is 2.70 bits per heavy atom. The van der Waals surface area contributed by atoms with E-state index in [-0.39, 0.29) is 11.3 Å². The number of halogens is 1. The molecule has 6 heteroatoms. The molecule has 0 atom stereocenters. The van der Waals surface area contributed by atoms with Crippen LogP contribution in [0.3, 0.4) is 0 Å². The number of nitrogens with two attached hydrogens (primary N) is 1. The van der Waals surface area contributed by atoms with Crippen LogP contribution in [-0.2, 0) is 0 Å². The second kappa shape index (κ2) is 4.59. The zero-order chi connectivity index (χ0) is 14.3. The van der Waals surface area contributed by atoms with Gasteiger partial charge in [-0.3, -0.25) is 0 Å². The van der Waals surface area contributed by atoms with Crippen molar-refractivity contribution in [1.29, 1.82) is 0 Å². The Kier molecular flexibility index (Phi) is 3.01. The molecule has 1 aromatic heterocycles. The molecule has 0 radical (unpaired) electrons. The number of aromatic nitrogens is 1. The third-order valence-electron chi connectivity index (χ3n) is 3.14. The van der Waals surface area contributed by atoms with Crippen molar-refractivity contribution < 1.29 is 14.0 Å². The van der Waals surface area contributed by atoms with E-state index >= 15 is 0 Å². The van der Waals surface area contributed by atoms with Gasteiger partial charge in [-0.1, -0.05) is 30.6 Å². The fourth-order valence-electron chi connectivity index (χ4n) is 2.02. The summed E-state index contributed by atoms with van der Waals surface area (Å²) in [5.74, 6) is 1.42. The predicted octanol–water partition coefficient (Wildman–Crippen LogP) is 3.37. The van der Waals surface area contributed by atoms with Gasteiger partial charge >= 0.3 is 0 Å². The van der Waals surface area contributed by atoms with Crippen molar-refractivity contribution in [3.8, 4) is 22.6 Å². The molecular weight excluding hydrogens is 280 g/mol. The van der Waals surface area contributed by atoms with Crippen molar-refractivity contribution in [2.45, 2.75) is 13.8 Å². The Hall–Kier alpha value is -1.88. The Balaban J connectivity index is 2.05. The summed E-state index contributed by atoms with van der Waals surface area (Å²) in [5, 5.41) is 4.15. The van der Waals surface area contributed by atoms with Crippen LogP contribution in [-0.4, -0.2) is 18.4 Å². The highest BCUT2D eigenvalue weighted by Crippen LogP contribution is 2.43. The average Bonchev–Trinajstić information content (AvgIpc) is 2.74. The first-order valence-corrected chi connectivity index (χ1v) is 6.64. The Bertz CT molecular complexity index is 652. The van der Waals surface area contributed by atoms with Crippen molar-refractivity contribution in [2.75, 3.05) is 18.9 Å². The summed E-state index contributed by atoms with van der Waals surface area (Å²) in [6, 6.07) is 3.61. The molecule has 5 nitrogen and oxygen atoms in total. The molecule has 2 N–H and O–H groups in total. The fraction of sp³-hybridized carbons (Fsp3) is 0.357. The van der Waals surface area contributed by atoms with Crippen LogP contribution >= 0.6 is 11.6 Å². The lowest BCUT2D eigenvalue weighted by Gasteiger charge is -2.19. The number of hydrogen-bond acceptors (Lipinski definition) is 5. The first-order chi connectivity index (χ1) is 9.46. The monoisotopic (exact) mass is 294 g/mol. The van der Waals surface area contributed by atoms with E-state index in [9.17, 15) is 0 Å². The normalized spacial score (nSPS) is 16.8. The highest BCUT2D eigenvalue weighted by Gasteiger charge is 2.27. The van der Waals surface area contributed by atoms with Gasteiger partial charge in [0.2, 0.25) is 5.88 Å². The molecule has 1 aliphatic heterocycles. The minimum atomic E-state index is -0.0707. The Morgan fingerprint density at radius 2 is 2.00 bits per heavy atom. The number of nitrogens with zero attached hydrogens (tertiary/aromatic N) is 1. The van der Waals surface area contributed by atoms with Crippen LogP contribution in [0, 0.1) is 5.41 Å². The summed E-state index contributed by atoms with van der Waals surface area (Å²) < 4.78 is 16.5. The Morgan fingerprint density at radius 1 is 1.25 bits per heavy atom. The van der Waals surface area contributed by atoms with Crippen molar-refractivity contribution in [1.82, 2.24) is 5.16 Å². The molecule has 0 bridgehead atoms. The van der Waals surface area contributed by atoms with E-state index in [4.69, 9.17) is 31.3 Å². The lowest BCUT2D eigenvalue weighted by molar-refractivity contribution is 0.140. The summed E-state index contributed by atoms with van der Waals surface area (Å²) in [6.07, 6.45) is 1.55. The third-order valence-corrected chi connectivity index (χ3v) is 3.43. The highest BCUT2D eigenvalue weighted by atomic mass is 35.5. The summed E-state index contributed by atoms with van der Waals surface area (Å²) in [5.41, 5.74) is 7.13. The van der Waals surface area contributed by atoms with E-state index < -0.39 is 0 Å². The van der Waals surface area contributed by atoms with Crippen molar-refractivity contribution in [2.24, 2.45) is 5.41 Å². The largest absolute Gasteiger partial charge is 0.489 e. The number of fused-ring (bicyclic) bond motifs is 1. The molecule has 106 valence electrons. The van der Waals surface area contributed by atoms with Crippen molar-refractivity contribution >= 4 is 17.5 Å². The standard InChI is InChI=1S/C14H15ClN2O3/c1-14(2)6-18-11-4-8(9-5-17-20-13(9)16)3-10(15)12(11)19-7-14/h3-5H,6-7,16H2,1-2H3. The molecule has 2 heterocycles. The first kappa shape index (κ1) is 13.1. The third kappa shape index (κ3) is 2.29. The number of rotatable bonds is 1. The van der Waals surface area contributed by atoms with Gasteiger partial charge in [0.05, 0.1) is 30.0 Å². The van der Waals surface area contributed by atoms with E-state index in [2.05, 4.69) is 19.0 Å². The summed E-state index contributed by atoms with van der Waals surface area (Å²) in [4.78, 5) is 0. The van der Waals surface area contributed by atoms with Gasteiger partial charge in [0, 0.05) is 5.41 Å². The SMILES string of the molecule is CC1(C)COc2cc(-c3cnoc3N)cc(Cl)c2OC1. The predicted molar refractivity (Wildman–Crippen MR) is 76.1 cm³/mol. The quantitative estimate of drug-likeness (QED) is 0.873. The van der Waals surface area contributed by atoms with Gasteiger partial charge in [0.1, 0.15) is 0 Å². The molecular formula is C14H15ClN2O3. The van der Waals surface area contributed by atoms with Crippen LogP contribution in [0.15, 0.2) is 22.9 Å². The van der Waals surface area contributed by atoms with Gasteiger partial charge in [-0.25, -0.2) is 0 Å². The van der Waals surface area contributed by atoms with Crippen LogP contribution in [0.2, 0.25) is 5.02 Å². The summed E-state index contributed by atoms with van der Waals surface area (Å²) >= 11 is 6.29. The van der Waals surface area contributed by atoms with E-state index in [0.29, 0.717) is 35.3 Å². The zero-order valence-corrected chi connectivity index (χ0v) is 12.0. The number of ether oxygens (including phenoxy) is 2. The van der Waals surface area contributed by atoms with Gasteiger partial charge in [-0.05, 0) is 17.7 Å². The maximum Gasteiger partial charge on any atom is 0.229 e. The molecule has 0 unspecified atom stereocenters. The van der Waals surface area contributed by atoms with Crippen LogP contribution in [0.4, 0.5) is 5.88 Å². The molecule has 1 aliphatic rings. The molecule has 3 rings (SSSR count). The van der Waals surface area contributed by atoms with Gasteiger partial charge < -0.3 is 19.7 Å². The molecule has 2 aromatic rings. The highest BCUT2D eigenvalue weighted by molar-refractivity contribution is 6.32. The minimum absolute atomic E-state index is 0.0707. The molecule has 0 amide bonds. The number of hydrogen-bond donors (Lipinski definition) is 1. The second-order valence-electron chi connectivity index (χ2n) is 5.63. The van der Waals surface area contributed by atoms with Gasteiger partial charge in [-0.15, -0.1) is 0 Å². The van der Waals surface area contributed by atoms with Crippen LogP contribution < -0.4 is 15.2 Å². The zero-order valence-electron chi connectivity index (χ0n) is 11.3. The maximum atomic E-state index is 6.29. The fourth-order valence-corrected chi connectivity index (χ4v) is 2.28. The molecule has 0 spiro atoms. The molecule has 0 fully saturated rings. The van der Waals surface area contributed by atoms with E-state index in [1.54, 1.807) is 12.3 Å². The topological polar surface area (TPSA) is 70.5 Å². The maximum absolute atomic E-state index is 6.29. The Labute approximate surface area is 121 Å². The van der Waals surface area contributed by atoms with Crippen LogP contribution in [0.1, 0.15) is 13.8 Å². The summed E-state index contributed by atoms with van der Waals surface area (Å²) in [7, 11) is 0. The molecule has 0 saturated carbocycles. The molecule has 20 heavy (non-hydrogen) atoms. The van der Waals surface area contributed by atoms with E-state index in [1.165, 1.54) is 0 Å². The smallest absolute Gasteiger partial charge is 0.229 e. The van der Waals surface area contributed by atoms with Gasteiger partial charge in [-0.2, -0.15) is 0 Å². The van der Waals surface area contributed by atoms with Crippen molar-refractivity contribution in [3.05, 3.63) is 23.4 Å². The van der Waals surface area contributed by atoms with Gasteiger partial charge in [0.25, 0.3) is 0 Å². The van der Waals surface area contributed by atoms with Crippen LogP contribution in [0.25, 0.3) is 11.1 Å². The van der Waals surface area contributed by atoms with Gasteiger partial charge in [0.15, 0.2) is 11.5 Å². The first-order valence-electron chi connectivity index (χ1n) is 6.26. The van der Waals surface area contributed by atoms with E-state index in [0.717, 1.165) is 5.56 Å². The van der Waals surface area contributed by atoms with Crippen LogP contribution in [0.5, 0.6) is 11.5 Å². The molecule has 0 saturated heterocycles. The second-order valence-corrected chi connectivity index (χ2v) is 6.04. The summed E-state index contributed by atoms with van der Waals surface area (Å²) in [6.45, 7) is 5.25. The number of anilines is 1. The van der Waals surface area contributed by atoms with E-state index in [1.807, 2.05) is 6.07 Å². The lowest BCUT2D eigenvalue weighted by atomic mass is 9.97. The molecule has 1 aromatic carbocycles. The minimum Gasteiger partial charge on any atom is -0.489 e. The van der Waals surface area contributed by atoms with Crippen molar-refractivity contribution in [3.63, 3.8) is 0 Å². The average molecular weight is 295 g/mol.